The van der Waals surface area contributed by atoms with Gasteiger partial charge in [0.15, 0.2) is 0 Å². The molecule has 0 radical (unpaired) electrons. The van der Waals surface area contributed by atoms with Crippen LogP contribution in [-0.4, -0.2) is 39.4 Å². The maximum Gasteiger partial charge on any atom is 0.322 e. The zero-order chi connectivity index (χ0) is 24.8. The number of ether oxygens (including phenoxy) is 2. The lowest BCUT2D eigenvalue weighted by Gasteiger charge is -2.11. The van der Waals surface area contributed by atoms with Gasteiger partial charge in [-0.25, -0.2) is 4.68 Å². The van der Waals surface area contributed by atoms with Crippen LogP contribution in [0.5, 0.6) is 17.5 Å². The van der Waals surface area contributed by atoms with E-state index in [1.165, 1.54) is 0 Å². The van der Waals surface area contributed by atoms with Gasteiger partial charge in [0.25, 0.3) is 0 Å². The molecule has 4 rings (SSSR count). The average molecular weight is 493 g/mol. The molecule has 0 fully saturated rings. The van der Waals surface area contributed by atoms with Crippen LogP contribution in [0.1, 0.15) is 19.5 Å². The first-order chi connectivity index (χ1) is 16.9. The molecule has 0 amide bonds. The van der Waals surface area contributed by atoms with Gasteiger partial charge < -0.3 is 20.1 Å². The molecular weight excluding hydrogens is 464 g/mol. The SMILES string of the molecule is COc1cc(Nc2nc(Oc3ccccc3Cl)n(CCNC(C)C)n2)ccc1-c1ccnc(C)c1. The lowest BCUT2D eigenvalue weighted by atomic mass is 10.0. The zero-order valence-corrected chi connectivity index (χ0v) is 21.0. The summed E-state index contributed by atoms with van der Waals surface area (Å²) in [4.78, 5) is 8.84. The average Bonchev–Trinajstić information content (AvgIpc) is 3.21. The largest absolute Gasteiger partial charge is 0.496 e. The van der Waals surface area contributed by atoms with Gasteiger partial charge in [-0.3, -0.25) is 4.98 Å². The van der Waals surface area contributed by atoms with Crippen LogP contribution in [0.3, 0.4) is 0 Å². The van der Waals surface area contributed by atoms with Gasteiger partial charge in [0.1, 0.15) is 11.5 Å². The number of rotatable bonds is 10. The van der Waals surface area contributed by atoms with E-state index in [9.17, 15) is 0 Å². The highest BCUT2D eigenvalue weighted by Crippen LogP contribution is 2.34. The van der Waals surface area contributed by atoms with Gasteiger partial charge in [-0.1, -0.05) is 37.6 Å². The zero-order valence-electron chi connectivity index (χ0n) is 20.2. The third-order valence-corrected chi connectivity index (χ3v) is 5.53. The molecule has 0 aliphatic heterocycles. The Balaban J connectivity index is 1.59. The number of anilines is 2. The van der Waals surface area contributed by atoms with Crippen molar-refractivity contribution in [1.29, 1.82) is 0 Å². The van der Waals surface area contributed by atoms with E-state index in [0.29, 0.717) is 41.9 Å². The van der Waals surface area contributed by atoms with Crippen molar-refractivity contribution < 1.29 is 9.47 Å². The third-order valence-electron chi connectivity index (χ3n) is 5.22. The van der Waals surface area contributed by atoms with Crippen LogP contribution in [0, 0.1) is 6.92 Å². The molecule has 0 unspecified atom stereocenters. The topological polar surface area (TPSA) is 86.1 Å². The second-order valence-electron chi connectivity index (χ2n) is 8.31. The minimum Gasteiger partial charge on any atom is -0.496 e. The number of hydrogen-bond acceptors (Lipinski definition) is 7. The van der Waals surface area contributed by atoms with Gasteiger partial charge in [-0.2, -0.15) is 4.98 Å². The van der Waals surface area contributed by atoms with E-state index in [0.717, 1.165) is 28.3 Å². The van der Waals surface area contributed by atoms with Crippen molar-refractivity contribution >= 4 is 23.2 Å². The molecule has 9 heteroatoms. The Bertz CT molecular complexity index is 1290. The highest BCUT2D eigenvalue weighted by molar-refractivity contribution is 6.32. The van der Waals surface area contributed by atoms with Gasteiger partial charge in [0.05, 0.1) is 18.7 Å². The minimum absolute atomic E-state index is 0.349. The molecular formula is C26H29ClN6O2. The van der Waals surface area contributed by atoms with Crippen molar-refractivity contribution in [3.63, 3.8) is 0 Å². The quantitative estimate of drug-likeness (QED) is 0.287. The second kappa shape index (κ2) is 11.2. The number of benzene rings is 2. The summed E-state index contributed by atoms with van der Waals surface area (Å²) in [5, 5.41) is 11.8. The fourth-order valence-corrected chi connectivity index (χ4v) is 3.71. The minimum atomic E-state index is 0.349. The Hall–Kier alpha value is -3.62. The number of nitrogens with one attached hydrogen (secondary N) is 2. The van der Waals surface area contributed by atoms with E-state index in [4.69, 9.17) is 21.1 Å². The maximum absolute atomic E-state index is 6.29. The van der Waals surface area contributed by atoms with Crippen molar-refractivity contribution in [2.24, 2.45) is 0 Å². The Morgan fingerprint density at radius 2 is 1.89 bits per heavy atom. The fraction of sp³-hybridized carbons (Fsp3) is 0.269. The third kappa shape index (κ3) is 6.29. The highest BCUT2D eigenvalue weighted by Gasteiger charge is 2.15. The van der Waals surface area contributed by atoms with E-state index in [2.05, 4.69) is 39.5 Å². The van der Waals surface area contributed by atoms with Crippen LogP contribution in [-0.2, 0) is 6.54 Å². The Morgan fingerprint density at radius 3 is 2.63 bits per heavy atom. The monoisotopic (exact) mass is 492 g/mol. The van der Waals surface area contributed by atoms with Crippen LogP contribution in [0.4, 0.5) is 11.6 Å². The molecule has 0 atom stereocenters. The molecule has 35 heavy (non-hydrogen) atoms. The summed E-state index contributed by atoms with van der Waals surface area (Å²) in [6.07, 6.45) is 1.79. The molecule has 0 saturated carbocycles. The standard InChI is InChI=1S/C26H29ClN6O2/c1-17(2)28-13-14-33-26(35-23-8-6-5-7-22(23)27)31-25(32-33)30-20-9-10-21(24(16-20)34-4)19-11-12-29-18(3)15-19/h5-12,15-17,28H,13-14H2,1-4H3,(H,30,32). The van der Waals surface area contributed by atoms with Crippen LogP contribution in [0.25, 0.3) is 11.1 Å². The summed E-state index contributed by atoms with van der Waals surface area (Å²) in [5.41, 5.74) is 3.75. The van der Waals surface area contributed by atoms with Gasteiger partial charge in [-0.05, 0) is 48.9 Å². The first kappa shape index (κ1) is 24.5. The molecule has 2 aromatic carbocycles. The van der Waals surface area contributed by atoms with Gasteiger partial charge >= 0.3 is 6.01 Å². The normalized spacial score (nSPS) is 11.0. The lowest BCUT2D eigenvalue weighted by molar-refractivity contribution is 0.389. The van der Waals surface area contributed by atoms with E-state index in [1.807, 2.05) is 49.4 Å². The maximum atomic E-state index is 6.29. The van der Waals surface area contributed by atoms with Crippen molar-refractivity contribution in [3.8, 4) is 28.6 Å². The number of nitrogens with zero attached hydrogens (tertiary/aromatic N) is 4. The van der Waals surface area contributed by atoms with Gasteiger partial charge in [-0.15, -0.1) is 5.10 Å². The van der Waals surface area contributed by atoms with Crippen molar-refractivity contribution in [2.75, 3.05) is 19.0 Å². The molecule has 2 N–H and O–H groups in total. The van der Waals surface area contributed by atoms with Crippen LogP contribution in [0.15, 0.2) is 60.8 Å². The fourth-order valence-electron chi connectivity index (χ4n) is 3.54. The van der Waals surface area contributed by atoms with Crippen LogP contribution in [0.2, 0.25) is 5.02 Å². The van der Waals surface area contributed by atoms with Gasteiger partial charge in [0.2, 0.25) is 5.95 Å². The first-order valence-electron chi connectivity index (χ1n) is 11.4. The molecule has 0 aliphatic rings. The molecule has 0 bridgehead atoms. The number of halogens is 1. The van der Waals surface area contributed by atoms with Crippen LogP contribution < -0.4 is 20.1 Å². The molecule has 8 nitrogen and oxygen atoms in total. The first-order valence-corrected chi connectivity index (χ1v) is 11.8. The van der Waals surface area contributed by atoms with E-state index in [-0.39, 0.29) is 0 Å². The Labute approximate surface area is 210 Å². The molecule has 4 aromatic rings. The number of hydrogen-bond donors (Lipinski definition) is 2. The summed E-state index contributed by atoms with van der Waals surface area (Å²) < 4.78 is 13.4. The molecule has 182 valence electrons. The summed E-state index contributed by atoms with van der Waals surface area (Å²) in [5.74, 6) is 1.66. The number of methoxy groups -OCH3 is 1. The molecule has 0 aliphatic carbocycles. The van der Waals surface area contributed by atoms with E-state index >= 15 is 0 Å². The number of aryl methyl sites for hydroxylation is 1. The van der Waals surface area contributed by atoms with Crippen molar-refractivity contribution in [1.82, 2.24) is 25.1 Å². The number of aromatic nitrogens is 4. The summed E-state index contributed by atoms with van der Waals surface area (Å²) in [7, 11) is 1.65. The van der Waals surface area contributed by atoms with E-state index < -0.39 is 0 Å². The number of pyridine rings is 1. The Kier molecular flexibility index (Phi) is 7.84. The van der Waals surface area contributed by atoms with Crippen LogP contribution >= 0.6 is 11.6 Å². The smallest absolute Gasteiger partial charge is 0.322 e. The predicted molar refractivity (Wildman–Crippen MR) is 139 cm³/mol. The Morgan fingerprint density at radius 1 is 1.06 bits per heavy atom. The summed E-state index contributed by atoms with van der Waals surface area (Å²) in [6, 6.07) is 17.9. The highest BCUT2D eigenvalue weighted by atomic mass is 35.5. The van der Waals surface area contributed by atoms with Crippen molar-refractivity contribution in [3.05, 3.63) is 71.5 Å². The lowest BCUT2D eigenvalue weighted by Crippen LogP contribution is -2.27. The number of para-hydroxylation sites is 1. The van der Waals surface area contributed by atoms with E-state index in [1.54, 1.807) is 30.1 Å². The molecule has 0 spiro atoms. The predicted octanol–water partition coefficient (Wildman–Crippen LogP) is 5.84. The summed E-state index contributed by atoms with van der Waals surface area (Å²) >= 11 is 6.29. The second-order valence-corrected chi connectivity index (χ2v) is 8.72. The summed E-state index contributed by atoms with van der Waals surface area (Å²) in [6.45, 7) is 7.45. The molecule has 0 saturated heterocycles. The molecule has 2 heterocycles. The molecule has 2 aromatic heterocycles. The van der Waals surface area contributed by atoms with Gasteiger partial charge in [0, 0.05) is 41.8 Å². The van der Waals surface area contributed by atoms with Crippen molar-refractivity contribution in [2.45, 2.75) is 33.4 Å².